The zero-order valence-electron chi connectivity index (χ0n) is 12.7. The second-order valence-corrected chi connectivity index (χ2v) is 5.92. The number of hydrogen-bond acceptors (Lipinski definition) is 0. The van der Waals surface area contributed by atoms with Gasteiger partial charge in [0.1, 0.15) is 0 Å². The molecule has 1 N–H and O–H groups in total. The zero-order valence-corrected chi connectivity index (χ0v) is 12.7. The predicted molar refractivity (Wildman–Crippen MR) is 94.0 cm³/mol. The van der Waals surface area contributed by atoms with Crippen LogP contribution in [-0.4, -0.2) is 4.98 Å². The monoisotopic (exact) mass is 285 g/mol. The zero-order chi connectivity index (χ0) is 14.9. The Bertz CT molecular complexity index is 865. The van der Waals surface area contributed by atoms with Gasteiger partial charge in [0.25, 0.3) is 0 Å². The molecule has 108 valence electrons. The Balaban J connectivity index is 1.94. The summed E-state index contributed by atoms with van der Waals surface area (Å²) in [5.41, 5.74) is 6.63. The fourth-order valence-electron chi connectivity index (χ4n) is 3.42. The first kappa shape index (κ1) is 13.1. The standard InChI is InChI=1S/C21H19N/c1-15(16-9-5-6-10-16)20-18-13-7-8-14-19(18)22-21(20)17-11-3-2-4-12-17/h2-9,11-15,22H,10H2,1H3. The van der Waals surface area contributed by atoms with E-state index in [1.807, 2.05) is 0 Å². The minimum Gasteiger partial charge on any atom is -0.354 e. The molecule has 0 bridgehead atoms. The number of fused-ring (bicyclic) bond motifs is 1. The number of hydrogen-bond donors (Lipinski definition) is 1. The Morgan fingerprint density at radius 1 is 0.955 bits per heavy atom. The Kier molecular flexibility index (Phi) is 3.19. The van der Waals surface area contributed by atoms with Crippen LogP contribution in [0.2, 0.25) is 0 Å². The molecule has 4 rings (SSSR count). The molecule has 22 heavy (non-hydrogen) atoms. The summed E-state index contributed by atoms with van der Waals surface area (Å²) in [5, 5.41) is 1.33. The van der Waals surface area contributed by atoms with Crippen molar-refractivity contribution >= 4 is 10.9 Å². The largest absolute Gasteiger partial charge is 0.354 e. The molecule has 1 nitrogen and oxygen atoms in total. The van der Waals surface area contributed by atoms with Crippen molar-refractivity contribution in [2.75, 3.05) is 0 Å². The first-order chi connectivity index (χ1) is 10.8. The smallest absolute Gasteiger partial charge is 0.0503 e. The van der Waals surface area contributed by atoms with E-state index >= 15 is 0 Å². The quantitative estimate of drug-likeness (QED) is 0.623. The van der Waals surface area contributed by atoms with E-state index < -0.39 is 0 Å². The first-order valence-electron chi connectivity index (χ1n) is 7.86. The average Bonchev–Trinajstić information content (AvgIpc) is 3.23. The molecule has 0 aliphatic heterocycles. The Labute approximate surface area is 131 Å². The van der Waals surface area contributed by atoms with Crippen LogP contribution in [0.15, 0.2) is 78.4 Å². The summed E-state index contributed by atoms with van der Waals surface area (Å²) in [4.78, 5) is 3.64. The van der Waals surface area contributed by atoms with Gasteiger partial charge < -0.3 is 4.98 Å². The maximum absolute atomic E-state index is 3.64. The van der Waals surface area contributed by atoms with Gasteiger partial charge in [-0.15, -0.1) is 0 Å². The lowest BCUT2D eigenvalue weighted by Crippen LogP contribution is -1.98. The highest BCUT2D eigenvalue weighted by Crippen LogP contribution is 2.40. The van der Waals surface area contributed by atoms with Crippen LogP contribution in [0.4, 0.5) is 0 Å². The summed E-state index contributed by atoms with van der Waals surface area (Å²) in [6.07, 6.45) is 7.74. The van der Waals surface area contributed by atoms with Crippen molar-refractivity contribution in [1.82, 2.24) is 4.98 Å². The molecule has 0 spiro atoms. The number of para-hydroxylation sites is 1. The lowest BCUT2D eigenvalue weighted by molar-refractivity contribution is 0.881. The fourth-order valence-corrected chi connectivity index (χ4v) is 3.42. The van der Waals surface area contributed by atoms with Crippen molar-refractivity contribution < 1.29 is 0 Å². The molecule has 0 radical (unpaired) electrons. The van der Waals surface area contributed by atoms with Gasteiger partial charge in [0.2, 0.25) is 0 Å². The molecule has 0 saturated carbocycles. The summed E-state index contributed by atoms with van der Waals surface area (Å²) in [7, 11) is 0. The molecule has 1 unspecified atom stereocenters. The lowest BCUT2D eigenvalue weighted by Gasteiger charge is -2.15. The number of H-pyrrole nitrogens is 1. The number of aromatic amines is 1. The Morgan fingerprint density at radius 3 is 2.50 bits per heavy atom. The molecule has 1 aliphatic carbocycles. The maximum atomic E-state index is 3.64. The Morgan fingerprint density at radius 2 is 1.73 bits per heavy atom. The van der Waals surface area contributed by atoms with Gasteiger partial charge in [0.05, 0.1) is 5.69 Å². The third-order valence-electron chi connectivity index (χ3n) is 4.60. The number of aromatic nitrogens is 1. The van der Waals surface area contributed by atoms with E-state index in [1.54, 1.807) is 0 Å². The first-order valence-corrected chi connectivity index (χ1v) is 7.86. The van der Waals surface area contributed by atoms with E-state index in [-0.39, 0.29) is 0 Å². The van der Waals surface area contributed by atoms with Crippen LogP contribution in [0, 0.1) is 0 Å². The highest BCUT2D eigenvalue weighted by atomic mass is 14.7. The molecule has 1 atom stereocenters. The van der Waals surface area contributed by atoms with Gasteiger partial charge in [0.15, 0.2) is 0 Å². The summed E-state index contributed by atoms with van der Waals surface area (Å²) >= 11 is 0. The van der Waals surface area contributed by atoms with Crippen molar-refractivity contribution in [3.8, 4) is 11.3 Å². The van der Waals surface area contributed by atoms with Gasteiger partial charge >= 0.3 is 0 Å². The van der Waals surface area contributed by atoms with E-state index in [0.717, 1.165) is 6.42 Å². The number of rotatable bonds is 3. The molecule has 0 amide bonds. The van der Waals surface area contributed by atoms with Gasteiger partial charge in [-0.3, -0.25) is 0 Å². The van der Waals surface area contributed by atoms with Crippen molar-refractivity contribution in [2.45, 2.75) is 19.3 Å². The maximum Gasteiger partial charge on any atom is 0.0503 e. The van der Waals surface area contributed by atoms with E-state index in [1.165, 1.54) is 33.3 Å². The second kappa shape index (κ2) is 5.34. The van der Waals surface area contributed by atoms with Crippen molar-refractivity contribution in [2.24, 2.45) is 0 Å². The molecule has 1 aliphatic rings. The lowest BCUT2D eigenvalue weighted by atomic mass is 9.88. The van der Waals surface area contributed by atoms with Crippen molar-refractivity contribution in [3.05, 3.63) is 84.0 Å². The predicted octanol–water partition coefficient (Wildman–Crippen LogP) is 5.82. The van der Waals surface area contributed by atoms with E-state index in [0.29, 0.717) is 5.92 Å². The normalized spacial score (nSPS) is 15.2. The summed E-state index contributed by atoms with van der Waals surface area (Å²) < 4.78 is 0. The van der Waals surface area contributed by atoms with Crippen LogP contribution in [0.25, 0.3) is 22.2 Å². The molecule has 3 aromatic rings. The van der Waals surface area contributed by atoms with Gasteiger partial charge in [0, 0.05) is 16.8 Å². The third kappa shape index (κ3) is 2.10. The van der Waals surface area contributed by atoms with Crippen LogP contribution < -0.4 is 0 Å². The topological polar surface area (TPSA) is 15.8 Å². The number of nitrogens with one attached hydrogen (secondary N) is 1. The molecule has 2 aromatic carbocycles. The van der Waals surface area contributed by atoms with Crippen LogP contribution in [0.1, 0.15) is 24.8 Å². The highest BCUT2D eigenvalue weighted by molar-refractivity contribution is 5.91. The minimum absolute atomic E-state index is 0.418. The molecule has 1 heterocycles. The Hall–Kier alpha value is -2.54. The number of allylic oxidation sites excluding steroid dienone is 4. The van der Waals surface area contributed by atoms with E-state index in [2.05, 4.69) is 84.7 Å². The SMILES string of the molecule is CC(C1=CC=CC1)c1c(-c2ccccc2)[nH]c2ccccc12. The molecule has 1 aromatic heterocycles. The van der Waals surface area contributed by atoms with Crippen molar-refractivity contribution in [1.29, 1.82) is 0 Å². The van der Waals surface area contributed by atoms with Crippen LogP contribution in [0.3, 0.4) is 0 Å². The number of benzene rings is 2. The minimum atomic E-state index is 0.418. The second-order valence-electron chi connectivity index (χ2n) is 5.92. The molecule has 0 saturated heterocycles. The van der Waals surface area contributed by atoms with Crippen LogP contribution in [0.5, 0.6) is 0 Å². The molecule has 1 heteroatoms. The molecule has 0 fully saturated rings. The van der Waals surface area contributed by atoms with Crippen molar-refractivity contribution in [3.63, 3.8) is 0 Å². The van der Waals surface area contributed by atoms with Gasteiger partial charge in [-0.25, -0.2) is 0 Å². The van der Waals surface area contributed by atoms with Gasteiger partial charge in [-0.1, -0.05) is 79.3 Å². The van der Waals surface area contributed by atoms with Gasteiger partial charge in [-0.2, -0.15) is 0 Å². The summed E-state index contributed by atoms with van der Waals surface area (Å²) in [6, 6.07) is 19.3. The summed E-state index contributed by atoms with van der Waals surface area (Å²) in [6.45, 7) is 2.32. The van der Waals surface area contributed by atoms with Crippen LogP contribution in [-0.2, 0) is 0 Å². The summed E-state index contributed by atoms with van der Waals surface area (Å²) in [5.74, 6) is 0.418. The third-order valence-corrected chi connectivity index (χ3v) is 4.60. The average molecular weight is 285 g/mol. The highest BCUT2D eigenvalue weighted by Gasteiger charge is 2.21. The van der Waals surface area contributed by atoms with Crippen LogP contribution >= 0.6 is 0 Å². The van der Waals surface area contributed by atoms with E-state index in [4.69, 9.17) is 0 Å². The van der Waals surface area contributed by atoms with Gasteiger partial charge in [-0.05, 0) is 23.6 Å². The van der Waals surface area contributed by atoms with E-state index in [9.17, 15) is 0 Å². The molecular weight excluding hydrogens is 266 g/mol. The fraction of sp³-hybridized carbons (Fsp3) is 0.143. The molecular formula is C21H19N.